The van der Waals surface area contributed by atoms with Crippen LogP contribution < -0.4 is 11.1 Å². The number of nitrogens with zero attached hydrogens (tertiary/aromatic N) is 3. The maximum Gasteiger partial charge on any atom is 0.142 e. The van der Waals surface area contributed by atoms with Gasteiger partial charge in [-0.25, -0.2) is 9.97 Å². The van der Waals surface area contributed by atoms with Crippen molar-refractivity contribution in [2.45, 2.75) is 19.9 Å². The van der Waals surface area contributed by atoms with Gasteiger partial charge in [-0.1, -0.05) is 24.3 Å². The fourth-order valence-electron chi connectivity index (χ4n) is 3.22. The zero-order valence-electron chi connectivity index (χ0n) is 13.8. The van der Waals surface area contributed by atoms with Gasteiger partial charge >= 0.3 is 0 Å². The van der Waals surface area contributed by atoms with Crippen molar-refractivity contribution < 1.29 is 0 Å². The third-order valence-electron chi connectivity index (χ3n) is 4.49. The van der Waals surface area contributed by atoms with Gasteiger partial charge in [0.1, 0.15) is 22.5 Å². The number of thiazole rings is 1. The number of nitrogens with two attached hydrogens (primary N) is 1. The monoisotopic (exact) mass is 347 g/mol. The van der Waals surface area contributed by atoms with E-state index in [0.29, 0.717) is 17.9 Å². The van der Waals surface area contributed by atoms with E-state index < -0.39 is 0 Å². The number of pyridine rings is 1. The number of aromatic nitrogens is 2. The van der Waals surface area contributed by atoms with E-state index in [1.807, 2.05) is 18.3 Å². The molecule has 25 heavy (non-hydrogen) atoms. The first-order chi connectivity index (χ1) is 12.2. The lowest BCUT2D eigenvalue weighted by Gasteiger charge is -2.20. The van der Waals surface area contributed by atoms with Crippen LogP contribution in [0.5, 0.6) is 0 Å². The van der Waals surface area contributed by atoms with E-state index in [4.69, 9.17) is 5.73 Å². The summed E-state index contributed by atoms with van der Waals surface area (Å²) in [6.45, 7) is 3.65. The second kappa shape index (κ2) is 6.28. The van der Waals surface area contributed by atoms with E-state index >= 15 is 0 Å². The first kappa shape index (κ1) is 15.8. The molecule has 0 aliphatic carbocycles. The topological polar surface area (TPSA) is 87.6 Å². The lowest BCUT2D eigenvalue weighted by atomic mass is 9.96. The van der Waals surface area contributed by atoms with Gasteiger partial charge in [0.05, 0.1) is 4.88 Å². The summed E-state index contributed by atoms with van der Waals surface area (Å²) in [5.74, 6) is 0.309. The van der Waals surface area contributed by atoms with Crippen molar-refractivity contribution in [2.24, 2.45) is 0 Å². The van der Waals surface area contributed by atoms with Crippen LogP contribution in [0, 0.1) is 18.3 Å². The molecule has 1 aliphatic rings. The molecule has 2 aromatic heterocycles. The minimum absolute atomic E-state index is 0.309. The van der Waals surface area contributed by atoms with Gasteiger partial charge in [0.25, 0.3) is 0 Å². The Hall–Kier alpha value is -2.75. The Morgan fingerprint density at radius 1 is 1.32 bits per heavy atom. The number of hydrogen-bond donors (Lipinski definition) is 2. The molecule has 0 fully saturated rings. The average molecular weight is 347 g/mol. The number of fused-ring (bicyclic) bond motifs is 1. The van der Waals surface area contributed by atoms with E-state index in [0.717, 1.165) is 45.2 Å². The molecule has 3 aromatic rings. The second-order valence-electron chi connectivity index (χ2n) is 6.06. The molecule has 1 aliphatic heterocycles. The molecule has 4 rings (SSSR count). The standard InChI is InChI=1S/C19H17N5S/c1-11-4-2-3-5-12(11)19-23-10-16(25-19)17-13(8-20)18(21)24-15-6-7-22-9-14(15)17/h2-5,10,22H,6-7,9H2,1H3,(H2,21,24). The lowest BCUT2D eigenvalue weighted by molar-refractivity contribution is 0.632. The third kappa shape index (κ3) is 2.68. The molecule has 0 bridgehead atoms. The van der Waals surface area contributed by atoms with Gasteiger partial charge < -0.3 is 11.1 Å². The molecule has 0 radical (unpaired) electrons. The van der Waals surface area contributed by atoms with Crippen molar-refractivity contribution in [1.82, 2.24) is 15.3 Å². The van der Waals surface area contributed by atoms with Gasteiger partial charge in [0.15, 0.2) is 0 Å². The van der Waals surface area contributed by atoms with Crippen LogP contribution in [0.25, 0.3) is 21.0 Å². The van der Waals surface area contributed by atoms with Gasteiger partial charge in [-0.2, -0.15) is 5.26 Å². The van der Waals surface area contributed by atoms with E-state index in [2.05, 4.69) is 40.4 Å². The molecule has 6 heteroatoms. The van der Waals surface area contributed by atoms with E-state index in [9.17, 15) is 5.26 Å². The van der Waals surface area contributed by atoms with Crippen molar-refractivity contribution in [1.29, 1.82) is 5.26 Å². The van der Waals surface area contributed by atoms with Crippen LogP contribution >= 0.6 is 11.3 Å². The van der Waals surface area contributed by atoms with Crippen LogP contribution in [0.1, 0.15) is 22.4 Å². The highest BCUT2D eigenvalue weighted by atomic mass is 32.1. The number of nitrogen functional groups attached to an aromatic ring is 1. The zero-order chi connectivity index (χ0) is 17.4. The van der Waals surface area contributed by atoms with Gasteiger partial charge in [-0.3, -0.25) is 0 Å². The van der Waals surface area contributed by atoms with Crippen molar-refractivity contribution >= 4 is 17.2 Å². The smallest absolute Gasteiger partial charge is 0.142 e. The molecule has 0 saturated carbocycles. The van der Waals surface area contributed by atoms with E-state index in [1.54, 1.807) is 11.3 Å². The van der Waals surface area contributed by atoms with Crippen molar-refractivity contribution in [3.63, 3.8) is 0 Å². The Kier molecular flexibility index (Phi) is 3.96. The molecule has 0 unspecified atom stereocenters. The average Bonchev–Trinajstić information content (AvgIpc) is 3.10. The van der Waals surface area contributed by atoms with E-state index in [-0.39, 0.29) is 0 Å². The Labute approximate surface area is 150 Å². The van der Waals surface area contributed by atoms with E-state index in [1.165, 1.54) is 5.56 Å². The fraction of sp³-hybridized carbons (Fsp3) is 0.211. The highest BCUT2D eigenvalue weighted by Gasteiger charge is 2.23. The molecule has 0 spiro atoms. The molecular formula is C19H17N5S. The molecule has 0 amide bonds. The fourth-order valence-corrected chi connectivity index (χ4v) is 4.31. The molecular weight excluding hydrogens is 330 g/mol. The van der Waals surface area contributed by atoms with Gasteiger partial charge in [-0.15, -0.1) is 11.3 Å². The minimum Gasteiger partial charge on any atom is -0.383 e. The number of nitrogens with one attached hydrogen (secondary N) is 1. The summed E-state index contributed by atoms with van der Waals surface area (Å²) < 4.78 is 0. The predicted octanol–water partition coefficient (Wildman–Crippen LogP) is 3.28. The zero-order valence-corrected chi connectivity index (χ0v) is 14.7. The van der Waals surface area contributed by atoms with Crippen LogP contribution in [-0.4, -0.2) is 16.5 Å². The molecule has 124 valence electrons. The Morgan fingerprint density at radius 3 is 2.96 bits per heavy atom. The van der Waals surface area contributed by atoms with Crippen LogP contribution in [0.4, 0.5) is 5.82 Å². The minimum atomic E-state index is 0.309. The normalized spacial score (nSPS) is 13.3. The third-order valence-corrected chi connectivity index (χ3v) is 5.54. The predicted molar refractivity (Wildman–Crippen MR) is 100 cm³/mol. The summed E-state index contributed by atoms with van der Waals surface area (Å²) in [6.07, 6.45) is 2.67. The molecule has 5 nitrogen and oxygen atoms in total. The highest BCUT2D eigenvalue weighted by Crippen LogP contribution is 2.39. The number of hydrogen-bond acceptors (Lipinski definition) is 6. The second-order valence-corrected chi connectivity index (χ2v) is 7.09. The first-order valence-electron chi connectivity index (χ1n) is 8.13. The van der Waals surface area contributed by atoms with Crippen molar-refractivity contribution in [3.8, 4) is 27.1 Å². The Balaban J connectivity index is 1.90. The summed E-state index contributed by atoms with van der Waals surface area (Å²) in [7, 11) is 0. The maximum atomic E-state index is 9.62. The SMILES string of the molecule is Cc1ccccc1-c1ncc(-c2c(C#N)c(N)nc3c2CNCC3)s1. The summed E-state index contributed by atoms with van der Waals surface area (Å²) in [5.41, 5.74) is 11.7. The van der Waals surface area contributed by atoms with Gasteiger partial charge in [0.2, 0.25) is 0 Å². The van der Waals surface area contributed by atoms with Gasteiger partial charge in [-0.05, 0) is 18.1 Å². The van der Waals surface area contributed by atoms with Crippen LogP contribution in [-0.2, 0) is 13.0 Å². The summed E-state index contributed by atoms with van der Waals surface area (Å²) in [6, 6.07) is 10.4. The van der Waals surface area contributed by atoms with Crippen molar-refractivity contribution in [3.05, 3.63) is 52.8 Å². The van der Waals surface area contributed by atoms with Crippen LogP contribution in [0.3, 0.4) is 0 Å². The number of nitriles is 1. The number of anilines is 1. The molecule has 0 saturated heterocycles. The molecule has 3 N–H and O–H groups in total. The lowest BCUT2D eigenvalue weighted by Crippen LogP contribution is -2.26. The highest BCUT2D eigenvalue weighted by molar-refractivity contribution is 7.18. The number of rotatable bonds is 2. The van der Waals surface area contributed by atoms with Crippen molar-refractivity contribution in [2.75, 3.05) is 12.3 Å². The molecule has 1 aromatic carbocycles. The molecule has 0 atom stereocenters. The maximum absolute atomic E-state index is 9.62. The summed E-state index contributed by atoms with van der Waals surface area (Å²) in [5, 5.41) is 13.9. The molecule has 3 heterocycles. The largest absolute Gasteiger partial charge is 0.383 e. The van der Waals surface area contributed by atoms with Crippen LogP contribution in [0.15, 0.2) is 30.5 Å². The number of aryl methyl sites for hydroxylation is 1. The Morgan fingerprint density at radius 2 is 2.16 bits per heavy atom. The first-order valence-corrected chi connectivity index (χ1v) is 8.95. The summed E-state index contributed by atoms with van der Waals surface area (Å²) >= 11 is 1.59. The van der Waals surface area contributed by atoms with Crippen LogP contribution in [0.2, 0.25) is 0 Å². The quantitative estimate of drug-likeness (QED) is 0.743. The number of benzene rings is 1. The van der Waals surface area contributed by atoms with Gasteiger partial charge in [0, 0.05) is 42.5 Å². The Bertz CT molecular complexity index is 1000. The summed E-state index contributed by atoms with van der Waals surface area (Å²) in [4.78, 5) is 10.0.